The molecular weight excluding hydrogens is 260 g/mol. The van der Waals surface area contributed by atoms with E-state index in [1.54, 1.807) is 0 Å². The number of nitrogens with one attached hydrogen (secondary N) is 2. The van der Waals surface area contributed by atoms with Crippen LogP contribution in [0.4, 0.5) is 4.79 Å². The van der Waals surface area contributed by atoms with Gasteiger partial charge in [0.1, 0.15) is 6.04 Å². The molecule has 0 aromatic heterocycles. The second kappa shape index (κ2) is 8.79. The van der Waals surface area contributed by atoms with E-state index in [2.05, 4.69) is 17.6 Å². The third-order valence-corrected chi connectivity index (χ3v) is 3.90. The molecular formula is C14H26N2O4. The fraction of sp³-hybridized carbons (Fsp3) is 0.857. The van der Waals surface area contributed by atoms with E-state index in [0.29, 0.717) is 0 Å². The number of carboxylic acids is 1. The van der Waals surface area contributed by atoms with E-state index in [0.717, 1.165) is 31.6 Å². The Morgan fingerprint density at radius 3 is 2.40 bits per heavy atom. The number of hydrogen-bond donors (Lipinski definition) is 4. The summed E-state index contributed by atoms with van der Waals surface area (Å²) in [5.74, 6) is -0.358. The van der Waals surface area contributed by atoms with E-state index in [-0.39, 0.29) is 19.1 Å². The lowest BCUT2D eigenvalue weighted by Gasteiger charge is -2.29. The van der Waals surface area contributed by atoms with Crippen LogP contribution in [-0.2, 0) is 4.79 Å². The zero-order valence-corrected chi connectivity index (χ0v) is 12.1. The normalized spacial score (nSPS) is 23.9. The molecule has 0 aliphatic heterocycles. The summed E-state index contributed by atoms with van der Waals surface area (Å²) in [6, 6.07) is -1.35. The van der Waals surface area contributed by atoms with Crippen molar-refractivity contribution < 1.29 is 19.8 Å². The van der Waals surface area contributed by atoms with Gasteiger partial charge in [-0.3, -0.25) is 0 Å². The number of carbonyl (C=O) groups is 2. The molecule has 6 heteroatoms. The molecule has 1 aliphatic rings. The number of aliphatic hydroxyl groups excluding tert-OH is 1. The molecule has 1 unspecified atom stereocenters. The molecule has 1 rings (SSSR count). The Labute approximate surface area is 119 Å². The Kier molecular flexibility index (Phi) is 7.36. The molecule has 0 heterocycles. The van der Waals surface area contributed by atoms with Gasteiger partial charge in [0.25, 0.3) is 0 Å². The molecule has 0 saturated heterocycles. The Balaban J connectivity index is 2.30. The van der Waals surface area contributed by atoms with Crippen molar-refractivity contribution in [3.05, 3.63) is 0 Å². The molecule has 1 atom stereocenters. The van der Waals surface area contributed by atoms with Crippen LogP contribution in [0.1, 0.15) is 51.9 Å². The van der Waals surface area contributed by atoms with Crippen molar-refractivity contribution >= 4 is 12.0 Å². The van der Waals surface area contributed by atoms with Gasteiger partial charge in [-0.15, -0.1) is 0 Å². The van der Waals surface area contributed by atoms with Crippen LogP contribution < -0.4 is 10.6 Å². The van der Waals surface area contributed by atoms with Crippen LogP contribution in [0.2, 0.25) is 0 Å². The minimum absolute atomic E-state index is 0.0198. The van der Waals surface area contributed by atoms with Crippen molar-refractivity contribution in [1.82, 2.24) is 10.6 Å². The van der Waals surface area contributed by atoms with Crippen LogP contribution in [0.3, 0.4) is 0 Å². The third-order valence-electron chi connectivity index (χ3n) is 3.90. The van der Waals surface area contributed by atoms with Crippen molar-refractivity contribution in [3.63, 3.8) is 0 Å². The summed E-state index contributed by atoms with van der Waals surface area (Å²) in [6.45, 7) is 1.92. The molecule has 0 bridgehead atoms. The Morgan fingerprint density at radius 2 is 1.90 bits per heavy atom. The Hall–Kier alpha value is -1.30. The molecule has 0 spiro atoms. The summed E-state index contributed by atoms with van der Waals surface area (Å²) in [5, 5.41) is 22.9. The predicted octanol–water partition coefficient (Wildman–Crippen LogP) is 1.48. The topological polar surface area (TPSA) is 98.7 Å². The van der Waals surface area contributed by atoms with Crippen LogP contribution in [-0.4, -0.2) is 40.9 Å². The lowest BCUT2D eigenvalue weighted by atomic mass is 9.83. The van der Waals surface area contributed by atoms with Crippen LogP contribution in [0.25, 0.3) is 0 Å². The van der Waals surface area contributed by atoms with E-state index in [9.17, 15) is 9.59 Å². The highest BCUT2D eigenvalue weighted by Gasteiger charge is 2.24. The fourth-order valence-electron chi connectivity index (χ4n) is 2.78. The smallest absolute Gasteiger partial charge is 0.326 e. The van der Waals surface area contributed by atoms with Gasteiger partial charge in [-0.05, 0) is 31.6 Å². The summed E-state index contributed by atoms with van der Waals surface area (Å²) in [4.78, 5) is 22.6. The maximum Gasteiger partial charge on any atom is 0.326 e. The van der Waals surface area contributed by atoms with Crippen LogP contribution in [0, 0.1) is 5.92 Å². The standard InChI is InChI=1S/C14H26N2O4/c1-2-3-10-4-6-11(7-5-10)15-14(20)16-12(8-9-17)13(18)19/h10-12,17H,2-9H2,1H3,(H,18,19)(H2,15,16,20). The molecule has 4 N–H and O–H groups in total. The van der Waals surface area contributed by atoms with Crippen molar-refractivity contribution in [1.29, 1.82) is 0 Å². The third kappa shape index (κ3) is 5.77. The number of aliphatic hydroxyl groups is 1. The number of urea groups is 1. The predicted molar refractivity (Wildman–Crippen MR) is 75.4 cm³/mol. The highest BCUT2D eigenvalue weighted by Crippen LogP contribution is 2.27. The summed E-state index contributed by atoms with van der Waals surface area (Å²) in [5.41, 5.74) is 0. The highest BCUT2D eigenvalue weighted by molar-refractivity contribution is 5.82. The van der Waals surface area contributed by atoms with Gasteiger partial charge in [0.05, 0.1) is 0 Å². The Morgan fingerprint density at radius 1 is 1.25 bits per heavy atom. The zero-order chi connectivity index (χ0) is 15.0. The molecule has 1 fully saturated rings. The number of amides is 2. The minimum Gasteiger partial charge on any atom is -0.480 e. The lowest BCUT2D eigenvalue weighted by Crippen LogP contribution is -2.50. The van der Waals surface area contributed by atoms with Gasteiger partial charge in [-0.25, -0.2) is 9.59 Å². The second-order valence-electron chi connectivity index (χ2n) is 5.53. The molecule has 0 radical (unpaired) electrons. The number of carboxylic acid groups (broad SMARTS) is 1. The number of aliphatic carboxylic acids is 1. The molecule has 116 valence electrons. The summed E-state index contributed by atoms with van der Waals surface area (Å²) < 4.78 is 0. The maximum atomic E-state index is 11.7. The molecule has 6 nitrogen and oxygen atoms in total. The van der Waals surface area contributed by atoms with Gasteiger partial charge < -0.3 is 20.8 Å². The van der Waals surface area contributed by atoms with Crippen LogP contribution >= 0.6 is 0 Å². The maximum absolute atomic E-state index is 11.7. The number of rotatable bonds is 7. The van der Waals surface area contributed by atoms with E-state index >= 15 is 0 Å². The average Bonchev–Trinajstić information content (AvgIpc) is 2.40. The van der Waals surface area contributed by atoms with Crippen LogP contribution in [0.5, 0.6) is 0 Å². The van der Waals surface area contributed by atoms with Gasteiger partial charge in [0, 0.05) is 19.1 Å². The highest BCUT2D eigenvalue weighted by atomic mass is 16.4. The summed E-state index contributed by atoms with van der Waals surface area (Å²) in [6.07, 6.45) is 6.62. The molecule has 1 saturated carbocycles. The molecule has 0 aromatic carbocycles. The first-order valence-corrected chi connectivity index (χ1v) is 7.47. The average molecular weight is 286 g/mol. The first kappa shape index (κ1) is 16.8. The SMILES string of the molecule is CCCC1CCC(NC(=O)NC(CCO)C(=O)O)CC1. The van der Waals surface area contributed by atoms with Crippen molar-refractivity contribution in [2.24, 2.45) is 5.92 Å². The first-order chi connectivity index (χ1) is 9.56. The molecule has 2 amide bonds. The molecule has 1 aliphatic carbocycles. The van der Waals surface area contributed by atoms with Gasteiger partial charge in [0.2, 0.25) is 0 Å². The second-order valence-corrected chi connectivity index (χ2v) is 5.53. The van der Waals surface area contributed by atoms with Crippen molar-refractivity contribution in [3.8, 4) is 0 Å². The first-order valence-electron chi connectivity index (χ1n) is 7.47. The van der Waals surface area contributed by atoms with Gasteiger partial charge >= 0.3 is 12.0 Å². The largest absolute Gasteiger partial charge is 0.480 e. The van der Waals surface area contributed by atoms with Gasteiger partial charge in [-0.1, -0.05) is 19.8 Å². The monoisotopic (exact) mass is 286 g/mol. The molecule has 20 heavy (non-hydrogen) atoms. The van der Waals surface area contributed by atoms with E-state index < -0.39 is 18.0 Å². The number of hydrogen-bond acceptors (Lipinski definition) is 3. The van der Waals surface area contributed by atoms with E-state index in [1.165, 1.54) is 12.8 Å². The summed E-state index contributed by atoms with van der Waals surface area (Å²) in [7, 11) is 0. The van der Waals surface area contributed by atoms with Gasteiger partial charge in [-0.2, -0.15) is 0 Å². The summed E-state index contributed by atoms with van der Waals surface area (Å²) >= 11 is 0. The van der Waals surface area contributed by atoms with Crippen LogP contribution in [0.15, 0.2) is 0 Å². The minimum atomic E-state index is -1.12. The molecule has 0 aromatic rings. The fourth-order valence-corrected chi connectivity index (χ4v) is 2.78. The van der Waals surface area contributed by atoms with Crippen molar-refractivity contribution in [2.45, 2.75) is 64.0 Å². The zero-order valence-electron chi connectivity index (χ0n) is 12.1. The van der Waals surface area contributed by atoms with Gasteiger partial charge in [0.15, 0.2) is 0 Å². The van der Waals surface area contributed by atoms with E-state index in [1.807, 2.05) is 0 Å². The quantitative estimate of drug-likeness (QED) is 0.569. The Bertz CT molecular complexity index is 314. The van der Waals surface area contributed by atoms with E-state index in [4.69, 9.17) is 10.2 Å². The lowest BCUT2D eigenvalue weighted by molar-refractivity contribution is -0.139. The van der Waals surface area contributed by atoms with Crippen molar-refractivity contribution in [2.75, 3.05) is 6.61 Å². The number of carbonyl (C=O) groups excluding carboxylic acids is 1.